The van der Waals surface area contributed by atoms with Crippen molar-refractivity contribution < 1.29 is 18.0 Å². The molecule has 0 fully saturated rings. The first-order valence-corrected chi connectivity index (χ1v) is 5.72. The van der Waals surface area contributed by atoms with Gasteiger partial charge in [-0.2, -0.15) is 13.2 Å². The van der Waals surface area contributed by atoms with Gasteiger partial charge in [0.25, 0.3) is 0 Å². The summed E-state index contributed by atoms with van der Waals surface area (Å²) in [5.74, 6) is 0. The highest BCUT2D eigenvalue weighted by Crippen LogP contribution is 2.35. The summed E-state index contributed by atoms with van der Waals surface area (Å²) in [5.41, 5.74) is 0.168. The predicted molar refractivity (Wildman–Crippen MR) is 67.3 cm³/mol. The Bertz CT molecular complexity index is 620. The maximum atomic E-state index is 12.7. The number of alkyl halides is 3. The second-order valence-corrected chi connectivity index (χ2v) is 4.37. The van der Waals surface area contributed by atoms with Gasteiger partial charge in [0.2, 0.25) is 0 Å². The Hall–Kier alpha value is -1.81. The van der Waals surface area contributed by atoms with E-state index in [1.807, 2.05) is 0 Å². The van der Waals surface area contributed by atoms with Gasteiger partial charge in [-0.25, -0.2) is 0 Å². The molecule has 0 aliphatic heterocycles. The zero-order valence-corrected chi connectivity index (χ0v) is 10.3. The molecular formula is C14H8ClF3O. The second kappa shape index (κ2) is 5.05. The number of carbonyl (C=O) groups excluding carboxylic acids is 1. The van der Waals surface area contributed by atoms with Crippen molar-refractivity contribution in [3.8, 4) is 11.1 Å². The number of aldehydes is 1. The van der Waals surface area contributed by atoms with Gasteiger partial charge in [-0.15, -0.1) is 0 Å². The van der Waals surface area contributed by atoms with Crippen molar-refractivity contribution >= 4 is 17.9 Å². The van der Waals surface area contributed by atoms with E-state index in [-0.39, 0.29) is 10.6 Å². The number of carbonyl (C=O) groups is 1. The number of hydrogen-bond acceptors (Lipinski definition) is 1. The van der Waals surface area contributed by atoms with E-state index in [0.29, 0.717) is 17.4 Å². The largest absolute Gasteiger partial charge is 0.416 e. The summed E-state index contributed by atoms with van der Waals surface area (Å²) in [6.07, 6.45) is -3.88. The third kappa shape index (κ3) is 2.96. The average molecular weight is 285 g/mol. The molecule has 5 heteroatoms. The van der Waals surface area contributed by atoms with Crippen LogP contribution in [0.3, 0.4) is 0 Å². The van der Waals surface area contributed by atoms with Gasteiger partial charge < -0.3 is 0 Å². The molecule has 1 nitrogen and oxygen atoms in total. The first-order chi connectivity index (χ1) is 8.91. The van der Waals surface area contributed by atoms with Crippen LogP contribution >= 0.6 is 11.6 Å². The summed E-state index contributed by atoms with van der Waals surface area (Å²) in [4.78, 5) is 10.9. The molecule has 0 aliphatic rings. The quantitative estimate of drug-likeness (QED) is 0.721. The lowest BCUT2D eigenvalue weighted by molar-refractivity contribution is -0.137. The molecule has 0 bridgehead atoms. The molecule has 0 unspecified atom stereocenters. The van der Waals surface area contributed by atoms with Gasteiger partial charge in [0.15, 0.2) is 6.29 Å². The summed E-state index contributed by atoms with van der Waals surface area (Å²) in [6.45, 7) is 0. The predicted octanol–water partition coefficient (Wildman–Crippen LogP) is 4.84. The van der Waals surface area contributed by atoms with Crippen LogP contribution in [0.1, 0.15) is 15.9 Å². The maximum Gasteiger partial charge on any atom is 0.416 e. The van der Waals surface area contributed by atoms with Crippen molar-refractivity contribution in [1.82, 2.24) is 0 Å². The zero-order valence-electron chi connectivity index (χ0n) is 9.54. The molecule has 0 saturated carbocycles. The minimum Gasteiger partial charge on any atom is -0.298 e. The Morgan fingerprint density at radius 1 is 1.05 bits per heavy atom. The normalized spacial score (nSPS) is 11.4. The standard InChI is InChI=1S/C14H8ClF3O/c15-12-6-10(5-11(7-12)14(16,17)18)13-4-2-1-3-9(13)8-19/h1-8H. The van der Waals surface area contributed by atoms with Crippen molar-refractivity contribution in [3.63, 3.8) is 0 Å². The van der Waals surface area contributed by atoms with E-state index in [1.54, 1.807) is 18.2 Å². The SMILES string of the molecule is O=Cc1ccccc1-c1cc(Cl)cc(C(F)(F)F)c1. The maximum absolute atomic E-state index is 12.7. The fourth-order valence-corrected chi connectivity index (χ4v) is 2.01. The molecular weight excluding hydrogens is 277 g/mol. The number of rotatable bonds is 2. The van der Waals surface area contributed by atoms with Crippen molar-refractivity contribution in [1.29, 1.82) is 0 Å². The number of hydrogen-bond donors (Lipinski definition) is 0. The Morgan fingerprint density at radius 3 is 2.37 bits per heavy atom. The lowest BCUT2D eigenvalue weighted by Gasteiger charge is -2.11. The van der Waals surface area contributed by atoms with Crippen molar-refractivity contribution in [2.75, 3.05) is 0 Å². The fraction of sp³-hybridized carbons (Fsp3) is 0.0714. The van der Waals surface area contributed by atoms with E-state index in [9.17, 15) is 18.0 Å². The molecule has 2 aromatic carbocycles. The molecule has 0 aromatic heterocycles. The van der Waals surface area contributed by atoms with Gasteiger partial charge in [-0.1, -0.05) is 35.9 Å². The van der Waals surface area contributed by atoms with Gasteiger partial charge in [0, 0.05) is 10.6 Å². The van der Waals surface area contributed by atoms with Crippen LogP contribution in [0, 0.1) is 0 Å². The topological polar surface area (TPSA) is 17.1 Å². The van der Waals surface area contributed by atoms with Crippen LogP contribution < -0.4 is 0 Å². The van der Waals surface area contributed by atoms with Crippen molar-refractivity contribution in [2.45, 2.75) is 6.18 Å². The fourth-order valence-electron chi connectivity index (χ4n) is 1.77. The van der Waals surface area contributed by atoms with E-state index in [4.69, 9.17) is 11.6 Å². The molecule has 0 saturated heterocycles. The zero-order chi connectivity index (χ0) is 14.0. The first kappa shape index (κ1) is 13.6. The van der Waals surface area contributed by atoms with Gasteiger partial charge >= 0.3 is 6.18 Å². The minimum atomic E-state index is -4.48. The molecule has 0 N–H and O–H groups in total. The third-order valence-electron chi connectivity index (χ3n) is 2.62. The average Bonchev–Trinajstić information content (AvgIpc) is 2.37. The molecule has 0 radical (unpaired) electrons. The van der Waals surface area contributed by atoms with Crippen LogP contribution in [0.5, 0.6) is 0 Å². The molecule has 0 amide bonds. The number of benzene rings is 2. The number of halogens is 4. The van der Waals surface area contributed by atoms with Crippen LogP contribution in [-0.2, 0) is 6.18 Å². The summed E-state index contributed by atoms with van der Waals surface area (Å²) in [6, 6.07) is 9.65. The van der Waals surface area contributed by atoms with Crippen LogP contribution in [0.2, 0.25) is 5.02 Å². The van der Waals surface area contributed by atoms with Crippen LogP contribution in [0.4, 0.5) is 13.2 Å². The molecule has 0 heterocycles. The Labute approximate surface area is 112 Å². The van der Waals surface area contributed by atoms with Gasteiger partial charge in [0.1, 0.15) is 0 Å². The summed E-state index contributed by atoms with van der Waals surface area (Å²) < 4.78 is 38.2. The molecule has 19 heavy (non-hydrogen) atoms. The molecule has 0 spiro atoms. The van der Waals surface area contributed by atoms with Crippen LogP contribution in [0.25, 0.3) is 11.1 Å². The van der Waals surface area contributed by atoms with Crippen LogP contribution in [0.15, 0.2) is 42.5 Å². The Morgan fingerprint density at radius 2 is 1.74 bits per heavy atom. The first-order valence-electron chi connectivity index (χ1n) is 5.34. The monoisotopic (exact) mass is 284 g/mol. The summed E-state index contributed by atoms with van der Waals surface area (Å²) >= 11 is 5.71. The molecule has 0 atom stereocenters. The highest BCUT2D eigenvalue weighted by Gasteiger charge is 2.31. The minimum absolute atomic E-state index is 0.0227. The Balaban J connectivity index is 2.63. The smallest absolute Gasteiger partial charge is 0.298 e. The molecule has 0 aliphatic carbocycles. The molecule has 2 rings (SSSR count). The van der Waals surface area contributed by atoms with Gasteiger partial charge in [-0.3, -0.25) is 4.79 Å². The second-order valence-electron chi connectivity index (χ2n) is 3.93. The van der Waals surface area contributed by atoms with E-state index in [1.165, 1.54) is 12.1 Å². The summed E-state index contributed by atoms with van der Waals surface area (Å²) in [7, 11) is 0. The highest BCUT2D eigenvalue weighted by molar-refractivity contribution is 6.31. The van der Waals surface area contributed by atoms with E-state index in [2.05, 4.69) is 0 Å². The third-order valence-corrected chi connectivity index (χ3v) is 2.84. The van der Waals surface area contributed by atoms with Crippen molar-refractivity contribution in [2.24, 2.45) is 0 Å². The van der Waals surface area contributed by atoms with Crippen molar-refractivity contribution in [3.05, 3.63) is 58.6 Å². The van der Waals surface area contributed by atoms with Gasteiger partial charge in [0.05, 0.1) is 5.56 Å². The molecule has 98 valence electrons. The highest BCUT2D eigenvalue weighted by atomic mass is 35.5. The lowest BCUT2D eigenvalue weighted by atomic mass is 9.98. The van der Waals surface area contributed by atoms with Crippen LogP contribution in [-0.4, -0.2) is 6.29 Å². The lowest BCUT2D eigenvalue weighted by Crippen LogP contribution is -2.05. The van der Waals surface area contributed by atoms with E-state index in [0.717, 1.165) is 12.1 Å². The molecule has 2 aromatic rings. The Kier molecular flexibility index (Phi) is 3.62. The summed E-state index contributed by atoms with van der Waals surface area (Å²) in [5, 5.41) is -0.0227. The van der Waals surface area contributed by atoms with E-state index >= 15 is 0 Å². The van der Waals surface area contributed by atoms with Gasteiger partial charge in [-0.05, 0) is 29.3 Å². The van der Waals surface area contributed by atoms with E-state index < -0.39 is 11.7 Å².